The molecule has 0 saturated heterocycles. The third-order valence-corrected chi connectivity index (χ3v) is 7.18. The number of nitrogens with zero attached hydrogens (tertiary/aromatic N) is 3. The molecular formula is C31H30N4O4. The van der Waals surface area contributed by atoms with E-state index in [4.69, 9.17) is 19.6 Å². The maximum atomic E-state index is 13.6. The largest absolute Gasteiger partial charge is 0.508 e. The lowest BCUT2D eigenvalue weighted by molar-refractivity contribution is -0.118. The number of rotatable bonds is 6. The van der Waals surface area contributed by atoms with E-state index in [0.717, 1.165) is 16.8 Å². The number of anilines is 1. The van der Waals surface area contributed by atoms with E-state index in [1.165, 1.54) is 0 Å². The average molecular weight is 523 g/mol. The number of benzene rings is 3. The number of ether oxygens (including phenoxy) is 2. The summed E-state index contributed by atoms with van der Waals surface area (Å²) < 4.78 is 13.6. The summed E-state index contributed by atoms with van der Waals surface area (Å²) >= 11 is 0. The van der Waals surface area contributed by atoms with Gasteiger partial charge in [0.05, 0.1) is 7.11 Å². The van der Waals surface area contributed by atoms with E-state index >= 15 is 0 Å². The Bertz CT molecular complexity index is 1590. The molecule has 1 aliphatic carbocycles. The summed E-state index contributed by atoms with van der Waals surface area (Å²) in [6, 6.07) is 22.0. The van der Waals surface area contributed by atoms with E-state index in [-0.39, 0.29) is 16.9 Å². The summed E-state index contributed by atoms with van der Waals surface area (Å²) in [6.45, 7) is 4.61. The summed E-state index contributed by atoms with van der Waals surface area (Å²) in [4.78, 5) is 18.3. The van der Waals surface area contributed by atoms with Gasteiger partial charge >= 0.3 is 0 Å². The smallest absolute Gasteiger partial charge is 0.226 e. The van der Waals surface area contributed by atoms with E-state index in [1.807, 2.05) is 54.6 Å². The van der Waals surface area contributed by atoms with Gasteiger partial charge in [-0.15, -0.1) is 5.10 Å². The van der Waals surface area contributed by atoms with Crippen LogP contribution in [0.2, 0.25) is 0 Å². The van der Waals surface area contributed by atoms with Crippen LogP contribution < -0.4 is 14.8 Å². The molecule has 0 radical (unpaired) electrons. The summed E-state index contributed by atoms with van der Waals surface area (Å²) in [5.41, 5.74) is 3.97. The van der Waals surface area contributed by atoms with E-state index in [2.05, 4.69) is 19.2 Å². The number of hydrogen-bond acceptors (Lipinski definition) is 7. The zero-order valence-corrected chi connectivity index (χ0v) is 22.1. The first-order valence-corrected chi connectivity index (χ1v) is 13.0. The molecule has 0 fully saturated rings. The minimum absolute atomic E-state index is 0.0853. The number of Topliss-reactive ketones (excluding diaryl/α,β-unsaturated/α-hetero) is 1. The van der Waals surface area contributed by atoms with E-state index in [0.29, 0.717) is 53.9 Å². The van der Waals surface area contributed by atoms with Crippen LogP contribution in [-0.4, -0.2) is 32.8 Å². The third-order valence-electron chi connectivity index (χ3n) is 7.18. The number of ketones is 1. The second kappa shape index (κ2) is 9.62. The topological polar surface area (TPSA) is 98.5 Å². The van der Waals surface area contributed by atoms with Crippen LogP contribution in [0.3, 0.4) is 0 Å². The Morgan fingerprint density at radius 3 is 2.62 bits per heavy atom. The predicted molar refractivity (Wildman–Crippen MR) is 148 cm³/mol. The van der Waals surface area contributed by atoms with Crippen LogP contribution in [0.5, 0.6) is 17.2 Å². The molecule has 198 valence electrons. The maximum Gasteiger partial charge on any atom is 0.226 e. The van der Waals surface area contributed by atoms with Gasteiger partial charge < -0.3 is 19.9 Å². The molecule has 0 saturated carbocycles. The van der Waals surface area contributed by atoms with Crippen molar-refractivity contribution in [1.29, 1.82) is 0 Å². The first-order chi connectivity index (χ1) is 18.8. The van der Waals surface area contributed by atoms with Crippen molar-refractivity contribution in [3.8, 4) is 28.6 Å². The van der Waals surface area contributed by atoms with Gasteiger partial charge in [-0.1, -0.05) is 62.4 Å². The van der Waals surface area contributed by atoms with Gasteiger partial charge in [0.25, 0.3) is 0 Å². The highest BCUT2D eigenvalue weighted by Gasteiger charge is 2.42. The Labute approximate surface area is 226 Å². The first kappa shape index (κ1) is 24.7. The van der Waals surface area contributed by atoms with Gasteiger partial charge in [-0.25, -0.2) is 4.68 Å². The van der Waals surface area contributed by atoms with Crippen LogP contribution in [-0.2, 0) is 11.4 Å². The van der Waals surface area contributed by atoms with Gasteiger partial charge in [0.2, 0.25) is 5.95 Å². The number of fused-ring (bicyclic) bond motifs is 1. The fraction of sp³-hybridized carbons (Fsp3) is 0.258. The van der Waals surface area contributed by atoms with Crippen molar-refractivity contribution in [3.05, 3.63) is 95.2 Å². The monoisotopic (exact) mass is 522 g/mol. The molecular weight excluding hydrogens is 492 g/mol. The minimum Gasteiger partial charge on any atom is -0.508 e. The van der Waals surface area contributed by atoms with Crippen molar-refractivity contribution in [2.75, 3.05) is 12.4 Å². The highest BCUT2D eigenvalue weighted by atomic mass is 16.5. The van der Waals surface area contributed by atoms with Crippen LogP contribution in [0.1, 0.15) is 43.9 Å². The Hall–Kier alpha value is -4.59. The molecule has 0 spiro atoms. The van der Waals surface area contributed by atoms with Crippen LogP contribution >= 0.6 is 0 Å². The number of carbonyl (C=O) groups is 1. The van der Waals surface area contributed by atoms with E-state index in [9.17, 15) is 9.90 Å². The number of allylic oxidation sites excluding steroid dienone is 2. The van der Waals surface area contributed by atoms with E-state index < -0.39 is 6.04 Å². The predicted octanol–water partition coefficient (Wildman–Crippen LogP) is 5.90. The molecule has 2 aliphatic rings. The molecule has 2 N–H and O–H groups in total. The number of methoxy groups -OCH3 is 1. The van der Waals surface area contributed by atoms with Crippen molar-refractivity contribution in [2.45, 2.75) is 39.3 Å². The van der Waals surface area contributed by atoms with Crippen LogP contribution in [0.4, 0.5) is 5.95 Å². The van der Waals surface area contributed by atoms with Crippen molar-refractivity contribution in [1.82, 2.24) is 14.8 Å². The average Bonchev–Trinajstić information content (AvgIpc) is 3.34. The van der Waals surface area contributed by atoms with Gasteiger partial charge in [0.1, 0.15) is 18.4 Å². The lowest BCUT2D eigenvalue weighted by Crippen LogP contribution is -2.36. The molecule has 1 aliphatic heterocycles. The Morgan fingerprint density at radius 1 is 1.03 bits per heavy atom. The summed E-state index contributed by atoms with van der Waals surface area (Å²) in [7, 11) is 1.61. The molecule has 0 bridgehead atoms. The normalized spacial score (nSPS) is 17.7. The molecule has 8 nitrogen and oxygen atoms in total. The molecule has 4 aromatic rings. The highest BCUT2D eigenvalue weighted by Crippen LogP contribution is 2.46. The zero-order chi connectivity index (χ0) is 27.1. The molecule has 1 aromatic heterocycles. The van der Waals surface area contributed by atoms with Crippen LogP contribution in [0.25, 0.3) is 11.4 Å². The van der Waals surface area contributed by atoms with Crippen molar-refractivity contribution < 1.29 is 19.4 Å². The molecule has 8 heteroatoms. The number of phenolic OH excluding ortho intramolecular Hbond substituents is 1. The number of hydrogen-bond donors (Lipinski definition) is 2. The number of phenols is 1. The maximum absolute atomic E-state index is 13.6. The molecule has 6 rings (SSSR count). The van der Waals surface area contributed by atoms with Crippen LogP contribution in [0, 0.1) is 5.41 Å². The Kier molecular flexibility index (Phi) is 6.10. The molecule has 1 atom stereocenters. The van der Waals surface area contributed by atoms with Gasteiger partial charge in [0.15, 0.2) is 23.1 Å². The molecule has 39 heavy (non-hydrogen) atoms. The summed E-state index contributed by atoms with van der Waals surface area (Å²) in [6.07, 6.45) is 1.16. The van der Waals surface area contributed by atoms with Gasteiger partial charge in [-0.3, -0.25) is 4.79 Å². The van der Waals surface area contributed by atoms with E-state index in [1.54, 1.807) is 30.0 Å². The van der Waals surface area contributed by atoms with Crippen LogP contribution in [0.15, 0.2) is 84.1 Å². The highest BCUT2D eigenvalue weighted by molar-refractivity contribution is 6.00. The Balaban J connectivity index is 1.42. The van der Waals surface area contributed by atoms with Crippen molar-refractivity contribution in [2.24, 2.45) is 5.41 Å². The zero-order valence-electron chi connectivity index (χ0n) is 22.1. The quantitative estimate of drug-likeness (QED) is 0.325. The number of nitrogens with one attached hydrogen (secondary N) is 1. The fourth-order valence-electron chi connectivity index (χ4n) is 5.39. The third kappa shape index (κ3) is 4.74. The molecule has 2 heterocycles. The van der Waals surface area contributed by atoms with Crippen molar-refractivity contribution in [3.63, 3.8) is 0 Å². The minimum atomic E-state index is -0.490. The Morgan fingerprint density at radius 2 is 1.85 bits per heavy atom. The summed E-state index contributed by atoms with van der Waals surface area (Å²) in [5, 5.41) is 18.2. The molecule has 3 aromatic carbocycles. The standard InChI is InChI=1S/C31H30N4O4/c1-31(2)16-23-27(24(37)17-31)28(35-30(32-23)33-29(34-35)21-10-7-11-22(36)14-21)20-12-13-25(26(15-20)38-3)39-18-19-8-5-4-6-9-19/h4-15,28,36H,16-18H2,1-3H3,(H,32,33,34). The first-order valence-electron chi connectivity index (χ1n) is 13.0. The number of aromatic hydroxyl groups is 1. The van der Waals surface area contributed by atoms with Gasteiger partial charge in [-0.2, -0.15) is 4.98 Å². The lowest BCUT2D eigenvalue weighted by atomic mass is 9.73. The second-order valence-corrected chi connectivity index (χ2v) is 10.8. The second-order valence-electron chi connectivity index (χ2n) is 10.8. The molecule has 1 unspecified atom stereocenters. The van der Waals surface area contributed by atoms with Gasteiger partial charge in [-0.05, 0) is 47.2 Å². The fourth-order valence-corrected chi connectivity index (χ4v) is 5.39. The number of aromatic nitrogens is 3. The SMILES string of the molecule is COc1cc(C2C3=C(CC(C)(C)CC3=O)Nc3nc(-c4cccc(O)c4)nn32)ccc1OCc1ccccc1. The van der Waals surface area contributed by atoms with Crippen molar-refractivity contribution >= 4 is 11.7 Å². The van der Waals surface area contributed by atoms with Gasteiger partial charge in [0, 0.05) is 23.3 Å². The molecule has 0 amide bonds. The summed E-state index contributed by atoms with van der Waals surface area (Å²) in [5.74, 6) is 2.41. The lowest BCUT2D eigenvalue weighted by Gasteiger charge is -2.38. The number of carbonyl (C=O) groups excluding carboxylic acids is 1.